The highest BCUT2D eigenvalue weighted by molar-refractivity contribution is 9.11. The number of anilines is 1. The van der Waals surface area contributed by atoms with Crippen LogP contribution >= 0.6 is 31.9 Å². The van der Waals surface area contributed by atoms with Crippen molar-refractivity contribution in [2.24, 2.45) is 0 Å². The Hall–Kier alpha value is -1.93. The maximum Gasteiger partial charge on any atom is 0.293 e. The number of nitrogens with one attached hydrogen (secondary N) is 1. The summed E-state index contributed by atoms with van der Waals surface area (Å²) >= 11 is 6.65. The van der Waals surface area contributed by atoms with Crippen LogP contribution in [0.15, 0.2) is 45.3 Å². The first-order valence-electron chi connectivity index (χ1n) is 6.49. The summed E-state index contributed by atoms with van der Waals surface area (Å²) in [6.07, 6.45) is 0. The van der Waals surface area contributed by atoms with E-state index in [1.54, 1.807) is 31.2 Å². The molecule has 1 N–H and O–H groups in total. The quantitative estimate of drug-likeness (QED) is 0.546. The van der Waals surface area contributed by atoms with Crippen LogP contribution in [-0.4, -0.2) is 17.4 Å². The van der Waals surface area contributed by atoms with E-state index in [1.807, 2.05) is 0 Å². The van der Waals surface area contributed by atoms with E-state index in [0.717, 1.165) is 10.0 Å². The minimum absolute atomic E-state index is 0.143. The van der Waals surface area contributed by atoms with Gasteiger partial charge in [-0.25, -0.2) is 0 Å². The maximum absolute atomic E-state index is 11.9. The Morgan fingerprint density at radius 2 is 2.00 bits per heavy atom. The number of benzene rings is 2. The predicted octanol–water partition coefficient (Wildman–Crippen LogP) is 4.45. The molecule has 0 atom stereocenters. The van der Waals surface area contributed by atoms with Crippen LogP contribution in [0.25, 0.3) is 0 Å². The third kappa shape index (κ3) is 4.77. The molecule has 8 heteroatoms. The van der Waals surface area contributed by atoms with Gasteiger partial charge in [-0.1, -0.05) is 22.0 Å². The molecular weight excluding hydrogens is 432 g/mol. The lowest BCUT2D eigenvalue weighted by Crippen LogP contribution is -2.20. The fourth-order valence-corrected chi connectivity index (χ4v) is 2.98. The molecule has 2 rings (SSSR count). The number of carbonyl (C=O) groups is 1. The highest BCUT2D eigenvalue weighted by Crippen LogP contribution is 2.28. The Bertz CT molecular complexity index is 765. The molecule has 0 bridgehead atoms. The molecule has 0 saturated carbocycles. The van der Waals surface area contributed by atoms with Crippen molar-refractivity contribution in [2.75, 3.05) is 11.9 Å². The van der Waals surface area contributed by atoms with E-state index in [1.165, 1.54) is 12.1 Å². The van der Waals surface area contributed by atoms with E-state index in [4.69, 9.17) is 4.74 Å². The van der Waals surface area contributed by atoms with Crippen LogP contribution in [0, 0.1) is 17.0 Å². The molecular formula is C15H12Br2N2O4. The van der Waals surface area contributed by atoms with Gasteiger partial charge in [0.15, 0.2) is 6.61 Å². The minimum atomic E-state index is -0.533. The zero-order valence-corrected chi connectivity index (χ0v) is 15.2. The largest absolute Gasteiger partial charge is 0.483 e. The molecule has 2 aromatic rings. The summed E-state index contributed by atoms with van der Waals surface area (Å²) < 4.78 is 6.97. The Labute approximate surface area is 149 Å². The zero-order chi connectivity index (χ0) is 17.0. The van der Waals surface area contributed by atoms with Gasteiger partial charge >= 0.3 is 0 Å². The summed E-state index contributed by atoms with van der Waals surface area (Å²) in [7, 11) is 0. The molecule has 0 unspecified atom stereocenters. The van der Waals surface area contributed by atoms with E-state index in [0.29, 0.717) is 10.2 Å². The Morgan fingerprint density at radius 3 is 2.65 bits per heavy atom. The molecule has 23 heavy (non-hydrogen) atoms. The number of carbonyl (C=O) groups excluding carboxylic acids is 1. The van der Waals surface area contributed by atoms with Crippen molar-refractivity contribution in [2.45, 2.75) is 6.92 Å². The van der Waals surface area contributed by atoms with Crippen LogP contribution in [0.4, 0.5) is 11.4 Å². The molecule has 0 fully saturated rings. The highest BCUT2D eigenvalue weighted by atomic mass is 79.9. The number of nitro groups is 1. The van der Waals surface area contributed by atoms with Gasteiger partial charge in [-0.05, 0) is 52.7 Å². The van der Waals surface area contributed by atoms with Crippen molar-refractivity contribution in [3.05, 3.63) is 61.0 Å². The van der Waals surface area contributed by atoms with Gasteiger partial charge in [-0.3, -0.25) is 14.9 Å². The summed E-state index contributed by atoms with van der Waals surface area (Å²) in [6, 6.07) is 9.87. The molecule has 6 nitrogen and oxygen atoms in total. The van der Waals surface area contributed by atoms with Gasteiger partial charge in [-0.15, -0.1) is 0 Å². The Kier molecular flexibility index (Phi) is 5.73. The van der Waals surface area contributed by atoms with E-state index in [-0.39, 0.29) is 18.0 Å². The molecule has 0 aliphatic carbocycles. The van der Waals surface area contributed by atoms with Crippen LogP contribution in [-0.2, 0) is 4.79 Å². The van der Waals surface area contributed by atoms with Gasteiger partial charge in [0.05, 0.1) is 9.40 Å². The van der Waals surface area contributed by atoms with Gasteiger partial charge in [-0.2, -0.15) is 0 Å². The summed E-state index contributed by atoms with van der Waals surface area (Å²) in [4.78, 5) is 22.4. The second-order valence-electron chi connectivity index (χ2n) is 4.69. The monoisotopic (exact) mass is 442 g/mol. The SMILES string of the molecule is Cc1ccc(NC(=O)COc2ccc(Br)cc2Br)c([N+](=O)[O-])c1. The van der Waals surface area contributed by atoms with Gasteiger partial charge in [0.1, 0.15) is 11.4 Å². The molecule has 0 spiro atoms. The van der Waals surface area contributed by atoms with Crippen molar-refractivity contribution < 1.29 is 14.5 Å². The third-order valence-electron chi connectivity index (χ3n) is 2.88. The average molecular weight is 444 g/mol. The zero-order valence-electron chi connectivity index (χ0n) is 12.0. The lowest BCUT2D eigenvalue weighted by molar-refractivity contribution is -0.384. The minimum Gasteiger partial charge on any atom is -0.483 e. The van der Waals surface area contributed by atoms with Crippen LogP contribution < -0.4 is 10.1 Å². The summed E-state index contributed by atoms with van der Waals surface area (Å²) in [6.45, 7) is 1.48. The lowest BCUT2D eigenvalue weighted by Gasteiger charge is -2.09. The smallest absolute Gasteiger partial charge is 0.293 e. The summed E-state index contributed by atoms with van der Waals surface area (Å²) in [5.74, 6) is 0.0218. The van der Waals surface area contributed by atoms with Crippen molar-refractivity contribution in [1.29, 1.82) is 0 Å². The Balaban J connectivity index is 2.04. The second kappa shape index (κ2) is 7.56. The number of hydrogen-bond donors (Lipinski definition) is 1. The Morgan fingerprint density at radius 1 is 1.26 bits per heavy atom. The number of nitrogens with zero attached hydrogens (tertiary/aromatic N) is 1. The summed E-state index contributed by atoms with van der Waals surface area (Å²) in [5, 5.41) is 13.5. The fourth-order valence-electron chi connectivity index (χ4n) is 1.82. The van der Waals surface area contributed by atoms with Crippen molar-refractivity contribution in [3.63, 3.8) is 0 Å². The van der Waals surface area contributed by atoms with Crippen molar-refractivity contribution >= 4 is 49.1 Å². The molecule has 1 amide bonds. The van der Waals surface area contributed by atoms with Crippen LogP contribution in [0.2, 0.25) is 0 Å². The molecule has 0 saturated heterocycles. The van der Waals surface area contributed by atoms with E-state index in [2.05, 4.69) is 37.2 Å². The number of halogens is 2. The summed E-state index contributed by atoms with van der Waals surface area (Å²) in [5.41, 5.74) is 0.733. The number of nitro benzene ring substituents is 1. The standard InChI is InChI=1S/C15H12Br2N2O4/c1-9-2-4-12(13(6-9)19(21)22)18-15(20)8-23-14-5-3-10(16)7-11(14)17/h2-7H,8H2,1H3,(H,18,20). The number of rotatable bonds is 5. The van der Waals surface area contributed by atoms with E-state index in [9.17, 15) is 14.9 Å². The number of ether oxygens (including phenoxy) is 1. The van der Waals surface area contributed by atoms with Crippen LogP contribution in [0.1, 0.15) is 5.56 Å². The normalized spacial score (nSPS) is 10.2. The molecule has 0 aromatic heterocycles. The van der Waals surface area contributed by atoms with Gasteiger partial charge in [0.25, 0.3) is 11.6 Å². The molecule has 0 radical (unpaired) electrons. The predicted molar refractivity (Wildman–Crippen MR) is 93.8 cm³/mol. The van der Waals surface area contributed by atoms with Crippen LogP contribution in [0.5, 0.6) is 5.75 Å². The lowest BCUT2D eigenvalue weighted by atomic mass is 10.2. The first-order chi connectivity index (χ1) is 10.9. The number of hydrogen-bond acceptors (Lipinski definition) is 4. The van der Waals surface area contributed by atoms with Gasteiger partial charge < -0.3 is 10.1 Å². The van der Waals surface area contributed by atoms with Crippen molar-refractivity contribution in [1.82, 2.24) is 0 Å². The number of aryl methyl sites for hydroxylation is 1. The molecule has 0 aliphatic rings. The topological polar surface area (TPSA) is 81.5 Å². The van der Waals surface area contributed by atoms with E-state index < -0.39 is 10.8 Å². The first-order valence-corrected chi connectivity index (χ1v) is 8.08. The second-order valence-corrected chi connectivity index (χ2v) is 6.46. The third-order valence-corrected chi connectivity index (χ3v) is 3.99. The van der Waals surface area contributed by atoms with Gasteiger partial charge in [0.2, 0.25) is 0 Å². The molecule has 0 aliphatic heterocycles. The first kappa shape index (κ1) is 17.4. The van der Waals surface area contributed by atoms with Gasteiger partial charge in [0, 0.05) is 10.5 Å². The molecule has 0 heterocycles. The van der Waals surface area contributed by atoms with E-state index >= 15 is 0 Å². The number of amides is 1. The average Bonchev–Trinajstić information content (AvgIpc) is 2.48. The van der Waals surface area contributed by atoms with Crippen molar-refractivity contribution in [3.8, 4) is 5.75 Å². The molecule has 120 valence electrons. The van der Waals surface area contributed by atoms with Crippen LogP contribution in [0.3, 0.4) is 0 Å². The fraction of sp³-hybridized carbons (Fsp3) is 0.133. The highest BCUT2D eigenvalue weighted by Gasteiger charge is 2.16. The maximum atomic E-state index is 11.9. The molecule has 2 aromatic carbocycles.